The number of benzene rings is 1. The Hall–Kier alpha value is -2.60. The lowest BCUT2D eigenvalue weighted by Gasteiger charge is -2.35. The molecule has 1 amide bonds. The number of nitrogens with zero attached hydrogens (tertiary/aromatic N) is 2. The fourth-order valence-electron chi connectivity index (χ4n) is 4.98. The Morgan fingerprint density at radius 2 is 1.95 bits per heavy atom. The molecule has 0 bridgehead atoms. The van der Waals surface area contributed by atoms with Crippen LogP contribution >= 0.6 is 0 Å². The van der Waals surface area contributed by atoms with Gasteiger partial charge >= 0.3 is 6.18 Å². The summed E-state index contributed by atoms with van der Waals surface area (Å²) in [6.07, 6.45) is -2.41. The fraction of sp³-hybridized carbons (Fsp3) is 0.615. The molecule has 1 heterocycles. The Morgan fingerprint density at radius 1 is 1.29 bits per heavy atom. The molecule has 0 spiro atoms. The number of aliphatic hydroxyl groups is 1. The van der Waals surface area contributed by atoms with Gasteiger partial charge in [0.25, 0.3) is 5.91 Å². The number of methoxy groups -OCH3 is 1. The molecule has 12 heteroatoms. The minimum absolute atomic E-state index is 0.0218. The summed E-state index contributed by atoms with van der Waals surface area (Å²) in [5.41, 5.74) is 1.63. The first kappa shape index (κ1) is 29.9. The minimum Gasteiger partial charge on any atom is -0.496 e. The molecule has 2 N–H and O–H groups in total. The van der Waals surface area contributed by atoms with E-state index in [1.807, 2.05) is 6.92 Å². The van der Waals surface area contributed by atoms with E-state index in [2.05, 4.69) is 10.4 Å². The maximum absolute atomic E-state index is 13.1. The van der Waals surface area contributed by atoms with Crippen LogP contribution in [0.15, 0.2) is 18.2 Å². The molecule has 3 rings (SSSR count). The zero-order chi connectivity index (χ0) is 28.3. The molecule has 8 nitrogen and oxygen atoms in total. The molecule has 1 aromatic heterocycles. The third-order valence-corrected chi connectivity index (χ3v) is 8.88. The molecule has 0 unspecified atom stereocenters. The predicted molar refractivity (Wildman–Crippen MR) is 138 cm³/mol. The van der Waals surface area contributed by atoms with Gasteiger partial charge in [-0.25, -0.2) is 8.42 Å². The smallest absolute Gasteiger partial charge is 0.389 e. The van der Waals surface area contributed by atoms with E-state index in [0.29, 0.717) is 47.5 Å². The number of carbonyl (C=O) groups is 1. The van der Waals surface area contributed by atoms with Crippen LogP contribution in [0.2, 0.25) is 0 Å². The molecular weight excluding hydrogens is 523 g/mol. The second-order valence-corrected chi connectivity index (χ2v) is 12.4. The molecule has 1 aromatic carbocycles. The van der Waals surface area contributed by atoms with E-state index in [4.69, 9.17) is 4.74 Å². The molecule has 0 atom stereocenters. The van der Waals surface area contributed by atoms with Gasteiger partial charge in [0.1, 0.15) is 15.6 Å². The summed E-state index contributed by atoms with van der Waals surface area (Å²) in [5.74, 6) is 0.00784. The number of aromatic nitrogens is 2. The Balaban J connectivity index is 1.76. The highest BCUT2D eigenvalue weighted by molar-refractivity contribution is 7.91. The number of rotatable bonds is 10. The van der Waals surface area contributed by atoms with Crippen LogP contribution in [0, 0.1) is 6.92 Å². The predicted octanol–water partition coefficient (Wildman–Crippen LogP) is 4.22. The molecule has 2 aromatic rings. The number of halogens is 3. The number of carbonyl (C=O) groups excluding carboxylic acids is 1. The van der Waals surface area contributed by atoms with Gasteiger partial charge in [-0.15, -0.1) is 0 Å². The SMILES string of the molecule is CCn1nc(C(=O)NC[C@]2(O)CC[C@@H](S(C)(=O)=O)CC2)c(C)c1-c1ccc(CCCC(F)(F)F)cc1OC. The molecule has 1 fully saturated rings. The summed E-state index contributed by atoms with van der Waals surface area (Å²) in [5, 5.41) is 17.6. The standard InChI is InChI=1S/C26H36F3N3O5S/c1-5-32-23(20-9-8-18(15-21(20)37-3)7-6-12-26(27,28)29)17(2)22(31-32)24(33)30-16-25(34)13-10-19(11-14-25)38(4,35)36/h8-9,15,19,34H,5-7,10-14,16H2,1-4H3,(H,30,33)/t19-,25+. The lowest BCUT2D eigenvalue weighted by Crippen LogP contribution is -2.47. The highest BCUT2D eigenvalue weighted by Gasteiger charge is 2.37. The third-order valence-electron chi connectivity index (χ3n) is 7.20. The summed E-state index contributed by atoms with van der Waals surface area (Å²) in [6, 6.07) is 5.23. The molecule has 1 aliphatic carbocycles. The first-order chi connectivity index (χ1) is 17.7. The van der Waals surface area contributed by atoms with Crippen LogP contribution in [0.5, 0.6) is 5.75 Å². The van der Waals surface area contributed by atoms with Crippen LogP contribution in [-0.2, 0) is 22.8 Å². The van der Waals surface area contributed by atoms with Gasteiger partial charge in [0.2, 0.25) is 0 Å². The van der Waals surface area contributed by atoms with Crippen LogP contribution in [0.4, 0.5) is 13.2 Å². The van der Waals surface area contributed by atoms with Crippen molar-refractivity contribution in [3.05, 3.63) is 35.0 Å². The lowest BCUT2D eigenvalue weighted by atomic mass is 9.84. The number of amides is 1. The highest BCUT2D eigenvalue weighted by atomic mass is 32.2. The number of ether oxygens (including phenoxy) is 1. The van der Waals surface area contributed by atoms with Crippen molar-refractivity contribution in [2.24, 2.45) is 0 Å². The summed E-state index contributed by atoms with van der Waals surface area (Å²) < 4.78 is 68.4. The summed E-state index contributed by atoms with van der Waals surface area (Å²) >= 11 is 0. The molecule has 38 heavy (non-hydrogen) atoms. The molecule has 0 saturated heterocycles. The number of sulfone groups is 1. The average Bonchev–Trinajstić information content (AvgIpc) is 3.17. The van der Waals surface area contributed by atoms with E-state index >= 15 is 0 Å². The zero-order valence-corrected chi connectivity index (χ0v) is 23.0. The molecule has 0 radical (unpaired) electrons. The highest BCUT2D eigenvalue weighted by Crippen LogP contribution is 2.36. The number of aryl methyl sites for hydroxylation is 2. The molecule has 0 aliphatic heterocycles. The minimum atomic E-state index is -4.20. The largest absolute Gasteiger partial charge is 0.496 e. The molecule has 1 saturated carbocycles. The van der Waals surface area contributed by atoms with E-state index in [0.717, 1.165) is 0 Å². The first-order valence-electron chi connectivity index (χ1n) is 12.7. The van der Waals surface area contributed by atoms with Crippen LogP contribution in [0.1, 0.15) is 67.1 Å². The molecular formula is C26H36F3N3O5S. The van der Waals surface area contributed by atoms with Crippen molar-refractivity contribution in [3.63, 3.8) is 0 Å². The molecule has 1 aliphatic rings. The maximum atomic E-state index is 13.1. The third kappa shape index (κ3) is 7.28. The Morgan fingerprint density at radius 3 is 2.50 bits per heavy atom. The normalized spacial score (nSPS) is 20.4. The van der Waals surface area contributed by atoms with E-state index in [1.54, 1.807) is 29.8 Å². The van der Waals surface area contributed by atoms with E-state index in [9.17, 15) is 31.5 Å². The van der Waals surface area contributed by atoms with Crippen LogP contribution in [0.3, 0.4) is 0 Å². The second-order valence-electron chi connectivity index (χ2n) is 10.1. The number of hydrogen-bond donors (Lipinski definition) is 2. The van der Waals surface area contributed by atoms with Crippen LogP contribution in [-0.4, -0.2) is 66.1 Å². The van der Waals surface area contributed by atoms with Gasteiger partial charge in [0.05, 0.1) is 23.7 Å². The maximum Gasteiger partial charge on any atom is 0.389 e. The van der Waals surface area contributed by atoms with Crippen molar-refractivity contribution in [1.29, 1.82) is 0 Å². The second kappa shape index (κ2) is 11.6. The van der Waals surface area contributed by atoms with E-state index < -0.39 is 39.2 Å². The molecule has 212 valence electrons. The summed E-state index contributed by atoms with van der Waals surface area (Å²) in [4.78, 5) is 13.1. The first-order valence-corrected chi connectivity index (χ1v) is 14.6. The van der Waals surface area contributed by atoms with Crippen molar-refractivity contribution < 1.29 is 36.2 Å². The van der Waals surface area contributed by atoms with Crippen molar-refractivity contribution >= 4 is 15.7 Å². The summed E-state index contributed by atoms with van der Waals surface area (Å²) in [6.45, 7) is 4.06. The number of nitrogens with one attached hydrogen (secondary N) is 1. The van der Waals surface area contributed by atoms with Gasteiger partial charge in [-0.2, -0.15) is 18.3 Å². The Labute approximate surface area is 221 Å². The lowest BCUT2D eigenvalue weighted by molar-refractivity contribution is -0.135. The van der Waals surface area contributed by atoms with Gasteiger partial charge < -0.3 is 15.2 Å². The topological polar surface area (TPSA) is 111 Å². The van der Waals surface area contributed by atoms with Crippen LogP contribution in [0.25, 0.3) is 11.3 Å². The van der Waals surface area contributed by atoms with Gasteiger partial charge in [-0.05, 0) is 70.1 Å². The fourth-order valence-corrected chi connectivity index (χ4v) is 6.07. The Bertz CT molecular complexity index is 1250. The van der Waals surface area contributed by atoms with Gasteiger partial charge in [-0.3, -0.25) is 9.48 Å². The summed E-state index contributed by atoms with van der Waals surface area (Å²) in [7, 11) is -1.69. The zero-order valence-electron chi connectivity index (χ0n) is 22.2. The number of hydrogen-bond acceptors (Lipinski definition) is 6. The van der Waals surface area contributed by atoms with E-state index in [1.165, 1.54) is 13.4 Å². The van der Waals surface area contributed by atoms with Gasteiger partial charge in [-0.1, -0.05) is 6.07 Å². The van der Waals surface area contributed by atoms with Crippen LogP contribution < -0.4 is 10.1 Å². The Kier molecular flexibility index (Phi) is 9.18. The quantitative estimate of drug-likeness (QED) is 0.451. The van der Waals surface area contributed by atoms with E-state index in [-0.39, 0.29) is 37.9 Å². The monoisotopic (exact) mass is 559 g/mol. The van der Waals surface area contributed by atoms with Crippen molar-refractivity contribution in [2.75, 3.05) is 19.9 Å². The van der Waals surface area contributed by atoms with Crippen molar-refractivity contribution in [2.45, 2.75) is 82.4 Å². The van der Waals surface area contributed by atoms with Gasteiger partial charge in [0.15, 0.2) is 5.69 Å². The van der Waals surface area contributed by atoms with Gasteiger partial charge in [0, 0.05) is 36.9 Å². The average molecular weight is 560 g/mol. The van der Waals surface area contributed by atoms with Crippen molar-refractivity contribution in [3.8, 4) is 17.0 Å². The van der Waals surface area contributed by atoms with Crippen molar-refractivity contribution in [1.82, 2.24) is 15.1 Å². The number of alkyl halides is 3.